The first-order chi connectivity index (χ1) is 60.8. The average molecular weight is 2050 g/mol. The summed E-state index contributed by atoms with van der Waals surface area (Å²) in [6.45, 7) is 14.1. The molecule has 0 unspecified atom stereocenters. The van der Waals surface area contributed by atoms with E-state index in [9.17, 15) is 19.2 Å². The minimum Gasteiger partial charge on any atom is -0.481 e. The van der Waals surface area contributed by atoms with Gasteiger partial charge in [0.25, 0.3) is 17.1 Å². The van der Waals surface area contributed by atoms with E-state index in [1.165, 1.54) is 25.3 Å². The molecule has 0 aliphatic rings. The van der Waals surface area contributed by atoms with Crippen LogP contribution in [0.5, 0.6) is 0 Å². The van der Waals surface area contributed by atoms with Crippen molar-refractivity contribution in [3.8, 4) is 0 Å². The predicted octanol–water partition coefficient (Wildman–Crippen LogP) is 25.6. The minimum absolute atomic E-state index is 0.0138. The smallest absolute Gasteiger partial charge is 0.413 e. The van der Waals surface area contributed by atoms with E-state index in [0.717, 1.165) is 50.3 Å². The number of oxazole rings is 3. The number of carboxylic acid groups (broad SMARTS) is 1. The number of rotatable bonds is 20. The van der Waals surface area contributed by atoms with E-state index < -0.39 is 22.9 Å². The molecule has 0 aliphatic carbocycles. The van der Waals surface area contributed by atoms with E-state index in [-0.39, 0.29) is 46.3 Å². The van der Waals surface area contributed by atoms with Crippen molar-refractivity contribution >= 4 is 271 Å². The summed E-state index contributed by atoms with van der Waals surface area (Å²) in [4.78, 5) is 99.5. The Hall–Kier alpha value is -9.73. The summed E-state index contributed by atoms with van der Waals surface area (Å²) in [5.41, 5.74) is 17.4. The van der Waals surface area contributed by atoms with Gasteiger partial charge in [0.1, 0.15) is 48.2 Å². The molecule has 0 fully saturated rings. The zero-order valence-corrected chi connectivity index (χ0v) is 79.8. The van der Waals surface area contributed by atoms with Crippen molar-refractivity contribution in [2.45, 2.75) is 106 Å². The fourth-order valence-corrected chi connectivity index (χ4v) is 15.6. The molecule has 0 aliphatic heterocycles. The van der Waals surface area contributed by atoms with Crippen LogP contribution in [-0.2, 0) is 70.7 Å². The van der Waals surface area contributed by atoms with E-state index in [1.807, 2.05) is 33.8 Å². The number of aliphatic carboxylic acids is 1. The third-order valence-electron chi connectivity index (χ3n) is 17.7. The lowest BCUT2D eigenvalue weighted by molar-refractivity contribution is -0.136. The number of hydrogen-bond acceptors (Lipinski definition) is 24. The highest BCUT2D eigenvalue weighted by molar-refractivity contribution is 6.64. The van der Waals surface area contributed by atoms with E-state index in [1.54, 1.807) is 136 Å². The summed E-state index contributed by atoms with van der Waals surface area (Å²) in [6, 6.07) is 34.6. The van der Waals surface area contributed by atoms with Gasteiger partial charge in [-0.1, -0.05) is 210 Å². The second-order valence-electron chi connectivity index (χ2n) is 27.9. The zero-order chi connectivity index (χ0) is 93.0. The van der Waals surface area contributed by atoms with Crippen LogP contribution in [0.15, 0.2) is 160 Å². The first-order valence-corrected chi connectivity index (χ1v) is 43.4. The van der Waals surface area contributed by atoms with Crippen LogP contribution in [0.25, 0.3) is 33.7 Å². The molecule has 7 N–H and O–H groups in total. The quantitative estimate of drug-likeness (QED) is 0.0305. The van der Waals surface area contributed by atoms with Crippen molar-refractivity contribution in [1.82, 2.24) is 64.8 Å². The molecule has 128 heavy (non-hydrogen) atoms. The van der Waals surface area contributed by atoms with Gasteiger partial charge in [-0.2, -0.15) is 15.0 Å². The Balaban J connectivity index is 0.000000167. The van der Waals surface area contributed by atoms with Crippen molar-refractivity contribution < 1.29 is 42.3 Å². The molecule has 27 nitrogen and oxygen atoms in total. The van der Waals surface area contributed by atoms with Gasteiger partial charge >= 0.3 is 12.1 Å². The summed E-state index contributed by atoms with van der Waals surface area (Å²) >= 11 is 95.1. The summed E-state index contributed by atoms with van der Waals surface area (Å²) in [6.07, 6.45) is 5.77. The molecule has 6 aromatic carbocycles. The maximum atomic E-state index is 12.1. The number of nitrogens with one attached hydrogen (secondary N) is 4. The van der Waals surface area contributed by atoms with E-state index in [4.69, 9.17) is 214 Å². The number of carbonyl (C=O) groups excluding carboxylic acids is 3. The van der Waals surface area contributed by atoms with Crippen LogP contribution in [0.4, 0.5) is 33.8 Å². The SMILES string of the molecule is Cc1cc(N)nc(C)c1CNc1ncnc2oc(Cc3c(Cl)cccc3Cl)nc12.Cc1cc(NC(=O)OC(C)(C)C)nc(C)c1CNc1ncnc2oc(Cc3c(Cl)cccc3Cl)nc12.Clc1cccc(Cl)c1Cc1nc2c(Cl)ncnc2o1.O=C(Cc1c(Cl)cccc1Cl)Nc1c(Cl)ncnc1Cl.O=C(Cl)Cc1c(Cl)cccc1Cl.O=C(O)Cc1c(Cl)cccc1Cl. The van der Waals surface area contributed by atoms with Crippen LogP contribution in [-0.4, -0.2) is 98.7 Å². The zero-order valence-electron chi connectivity index (χ0n) is 67.7. The van der Waals surface area contributed by atoms with E-state index in [0.29, 0.717) is 184 Å². The van der Waals surface area contributed by atoms with Gasteiger partial charge in [0.15, 0.2) is 43.6 Å². The molecular formula is C85H68Cl16N18O9. The van der Waals surface area contributed by atoms with Gasteiger partial charge in [-0.15, -0.1) is 0 Å². The lowest BCUT2D eigenvalue weighted by Crippen LogP contribution is -2.27. The number of anilines is 5. The molecule has 664 valence electrons. The van der Waals surface area contributed by atoms with Gasteiger partial charge in [0, 0.05) is 96.7 Å². The molecule has 0 saturated heterocycles. The lowest BCUT2D eigenvalue weighted by atomic mass is 10.1. The normalized spacial score (nSPS) is 10.9. The number of ether oxygens (including phenoxy) is 1. The van der Waals surface area contributed by atoms with Crippen molar-refractivity contribution in [1.29, 1.82) is 0 Å². The Bertz CT molecular complexity index is 6280. The highest BCUT2D eigenvalue weighted by Crippen LogP contribution is 2.36. The molecule has 0 bridgehead atoms. The molecule has 0 saturated carbocycles. The van der Waals surface area contributed by atoms with Crippen LogP contribution in [0.1, 0.15) is 105 Å². The predicted molar refractivity (Wildman–Crippen MR) is 508 cm³/mol. The molecule has 15 aromatic rings. The second kappa shape index (κ2) is 46.7. The maximum absolute atomic E-state index is 12.1. The number of nitrogens with two attached hydrogens (primary N) is 1. The monoisotopic (exact) mass is 2040 g/mol. The van der Waals surface area contributed by atoms with Gasteiger partial charge in [-0.3, -0.25) is 19.7 Å². The fraction of sp³-hybridized carbons (Fsp3) is 0.188. The largest absolute Gasteiger partial charge is 0.481 e. The second-order valence-corrected chi connectivity index (χ2v) is 34.3. The Morgan fingerprint density at radius 1 is 0.398 bits per heavy atom. The number of aryl methyl sites for hydroxylation is 4. The van der Waals surface area contributed by atoms with Crippen LogP contribution in [0.2, 0.25) is 75.7 Å². The number of halogens is 16. The highest BCUT2D eigenvalue weighted by atomic mass is 35.5. The van der Waals surface area contributed by atoms with E-state index in [2.05, 4.69) is 86.1 Å². The fourth-order valence-electron chi connectivity index (χ4n) is 11.7. The number of aromatic nitrogens is 13. The van der Waals surface area contributed by atoms with Gasteiger partial charge in [-0.25, -0.2) is 54.6 Å². The summed E-state index contributed by atoms with van der Waals surface area (Å²) in [7, 11) is 0. The third kappa shape index (κ3) is 28.4. The van der Waals surface area contributed by atoms with Crippen LogP contribution in [0.3, 0.4) is 0 Å². The number of carboxylic acids is 1. The Morgan fingerprint density at radius 2 is 0.727 bits per heavy atom. The summed E-state index contributed by atoms with van der Waals surface area (Å²) in [5, 5.41) is 26.1. The molecule has 0 radical (unpaired) electrons. The van der Waals surface area contributed by atoms with Gasteiger partial charge in [0.05, 0.1) is 32.1 Å². The van der Waals surface area contributed by atoms with Crippen molar-refractivity contribution in [2.75, 3.05) is 27.0 Å². The number of benzene rings is 6. The van der Waals surface area contributed by atoms with Crippen molar-refractivity contribution in [2.24, 2.45) is 0 Å². The van der Waals surface area contributed by atoms with Crippen molar-refractivity contribution in [3.63, 3.8) is 0 Å². The number of carbonyl (C=O) groups is 4. The first-order valence-electron chi connectivity index (χ1n) is 37.4. The third-order valence-corrected chi connectivity index (χ3v) is 22.9. The molecule has 0 spiro atoms. The standard InChI is InChI=1S/C25H26Cl2N6O3.C20H18Cl2N6O.C12H7Cl4N3O.C12H6Cl3N3O.C8H5Cl3O.C8H6Cl2O2/c1-13-9-19(32-24(34)36-25(3,4)5)31-14(2)16(13)11-28-22-21-23(30-12-29-22)35-20(33-21)10-15-17(26)7-6-8-18(15)27;1-10-6-16(23)27-11(2)13(10)8-24-19-18-20(26-9-25-19)29-17(28-18)7-12-14(21)4-3-5-15(12)22;13-7-2-1-3-8(14)6(7)4-9(20)19-10-11(15)17-5-18-12(10)16;13-7-2-1-3-8(14)6(7)4-9-18-10-11(15)16-5-17-12(10)19-9;2*9-6-2-1-3-7(10)5(6)4-8(11)12/h6-9,12H,10-11H2,1-5H3,(H,28,29,30)(H,31,32,34);3-6,9H,7-8H2,1-2H3,(H2,23,27)(H,24,25,26);1-3,5H,4H2,(H,19,20);1-3,5H,4H2;1-3H,4H2;1-3H,4H2,(H,11,12). The number of nitrogen functional groups attached to an aromatic ring is 1. The van der Waals surface area contributed by atoms with Crippen LogP contribution < -0.4 is 27.0 Å². The van der Waals surface area contributed by atoms with Gasteiger partial charge in [0.2, 0.25) is 28.8 Å². The Kier molecular flexibility index (Phi) is 36.6. The molecule has 9 aromatic heterocycles. The molecular weight excluding hydrogens is 1980 g/mol. The number of pyridine rings is 2. The van der Waals surface area contributed by atoms with Crippen LogP contribution in [0, 0.1) is 27.7 Å². The van der Waals surface area contributed by atoms with Crippen molar-refractivity contribution in [3.05, 3.63) is 307 Å². The topological polar surface area (TPSA) is 379 Å². The van der Waals surface area contributed by atoms with Gasteiger partial charge in [-0.05, 0) is 195 Å². The number of fused-ring (bicyclic) bond motifs is 3. The first kappa shape index (κ1) is 100. The molecule has 9 heterocycles. The molecule has 15 rings (SSSR count). The Labute approximate surface area is 811 Å². The lowest BCUT2D eigenvalue weighted by Gasteiger charge is -2.20. The van der Waals surface area contributed by atoms with E-state index >= 15 is 0 Å². The molecule has 2 amide bonds. The Morgan fingerprint density at radius 3 is 1.09 bits per heavy atom. The molecule has 43 heteroatoms. The highest BCUT2D eigenvalue weighted by Gasteiger charge is 2.24. The summed E-state index contributed by atoms with van der Waals surface area (Å²) < 4.78 is 22.4. The number of nitrogens with zero attached hydrogens (tertiary/aromatic N) is 13. The summed E-state index contributed by atoms with van der Waals surface area (Å²) in [5.74, 6) is 2.03. The number of hydrogen-bond donors (Lipinski definition) is 6. The molecule has 0 atom stereocenters. The van der Waals surface area contributed by atoms with Gasteiger partial charge < -0.3 is 44.8 Å². The number of amides is 2. The average Bonchev–Trinajstić information content (AvgIpc) is 1.68. The van der Waals surface area contributed by atoms with Crippen LogP contribution >= 0.6 is 186 Å². The minimum atomic E-state index is -0.940. The maximum Gasteiger partial charge on any atom is 0.413 e.